The molecule has 162 valence electrons. The van der Waals surface area contributed by atoms with Crippen molar-refractivity contribution in [2.24, 2.45) is 0 Å². The van der Waals surface area contributed by atoms with Crippen LogP contribution in [0.5, 0.6) is 11.6 Å². The van der Waals surface area contributed by atoms with E-state index in [1.54, 1.807) is 42.5 Å². The van der Waals surface area contributed by atoms with E-state index >= 15 is 0 Å². The summed E-state index contributed by atoms with van der Waals surface area (Å²) in [4.78, 5) is 9.12. The van der Waals surface area contributed by atoms with Crippen molar-refractivity contribution < 1.29 is 4.74 Å². The SMILES string of the molecule is N#Cc1ccc(Nc2nc(Oc3ccc(-c4ccc(C#N)cc4)c(Cl)c3)c3sccc3n2)cc1. The third-order valence-electron chi connectivity index (χ3n) is 5.02. The highest BCUT2D eigenvalue weighted by Crippen LogP contribution is 2.36. The maximum Gasteiger partial charge on any atom is 0.242 e. The summed E-state index contributed by atoms with van der Waals surface area (Å²) < 4.78 is 6.94. The predicted octanol–water partition coefficient (Wildman–Crippen LogP) is 7.29. The average molecular weight is 480 g/mol. The number of fused-ring (bicyclic) bond motifs is 1. The number of nitriles is 2. The van der Waals surface area contributed by atoms with Crippen LogP contribution in [0.3, 0.4) is 0 Å². The summed E-state index contributed by atoms with van der Waals surface area (Å²) in [5.41, 5.74) is 4.43. The molecule has 3 aromatic carbocycles. The molecule has 0 saturated heterocycles. The molecule has 0 saturated carbocycles. The first-order chi connectivity index (χ1) is 16.6. The number of rotatable bonds is 5. The molecule has 0 bridgehead atoms. The van der Waals surface area contributed by atoms with Gasteiger partial charge in [0, 0.05) is 17.3 Å². The number of nitrogens with zero attached hydrogens (tertiary/aromatic N) is 4. The smallest absolute Gasteiger partial charge is 0.242 e. The van der Waals surface area contributed by atoms with Gasteiger partial charge < -0.3 is 10.1 Å². The van der Waals surface area contributed by atoms with Gasteiger partial charge in [-0.1, -0.05) is 23.7 Å². The van der Waals surface area contributed by atoms with E-state index in [1.807, 2.05) is 35.7 Å². The number of nitrogens with one attached hydrogen (secondary N) is 1. The van der Waals surface area contributed by atoms with Crippen molar-refractivity contribution in [1.82, 2.24) is 9.97 Å². The van der Waals surface area contributed by atoms with Gasteiger partial charge in [-0.05, 0) is 65.5 Å². The molecule has 1 N–H and O–H groups in total. The predicted molar refractivity (Wildman–Crippen MR) is 134 cm³/mol. The molecule has 0 spiro atoms. The molecule has 6 nitrogen and oxygen atoms in total. The van der Waals surface area contributed by atoms with Gasteiger partial charge >= 0.3 is 0 Å². The molecule has 0 unspecified atom stereocenters. The number of ether oxygens (including phenoxy) is 1. The van der Waals surface area contributed by atoms with Crippen LogP contribution in [0.15, 0.2) is 78.2 Å². The van der Waals surface area contributed by atoms with E-state index in [0.717, 1.165) is 27.0 Å². The summed E-state index contributed by atoms with van der Waals surface area (Å²) >= 11 is 8.04. The fraction of sp³-hybridized carbons (Fsp3) is 0. The zero-order valence-corrected chi connectivity index (χ0v) is 19.1. The Morgan fingerprint density at radius 2 is 1.56 bits per heavy atom. The summed E-state index contributed by atoms with van der Waals surface area (Å²) in [5, 5.41) is 23.6. The van der Waals surface area contributed by atoms with Gasteiger partial charge in [0.15, 0.2) is 0 Å². The fourth-order valence-electron chi connectivity index (χ4n) is 3.35. The van der Waals surface area contributed by atoms with Crippen LogP contribution in [0, 0.1) is 22.7 Å². The van der Waals surface area contributed by atoms with E-state index in [2.05, 4.69) is 27.4 Å². The Morgan fingerprint density at radius 1 is 0.853 bits per heavy atom. The highest BCUT2D eigenvalue weighted by atomic mass is 35.5. The summed E-state index contributed by atoms with van der Waals surface area (Å²) in [7, 11) is 0. The molecule has 2 aromatic heterocycles. The second-order valence-corrected chi connectivity index (χ2v) is 8.56. The van der Waals surface area contributed by atoms with Crippen LogP contribution in [0.2, 0.25) is 5.02 Å². The van der Waals surface area contributed by atoms with E-state index in [0.29, 0.717) is 33.7 Å². The van der Waals surface area contributed by atoms with Crippen molar-refractivity contribution in [2.45, 2.75) is 0 Å². The quantitative estimate of drug-likeness (QED) is 0.284. The van der Waals surface area contributed by atoms with Gasteiger partial charge in [-0.25, -0.2) is 4.98 Å². The number of halogens is 1. The molecule has 34 heavy (non-hydrogen) atoms. The summed E-state index contributed by atoms with van der Waals surface area (Å²) in [5.74, 6) is 1.34. The van der Waals surface area contributed by atoms with Gasteiger partial charge in [0.2, 0.25) is 11.8 Å². The minimum Gasteiger partial charge on any atom is -0.437 e. The molecule has 5 rings (SSSR count). The second-order valence-electron chi connectivity index (χ2n) is 7.23. The maximum absolute atomic E-state index is 9.00. The largest absolute Gasteiger partial charge is 0.437 e. The molecule has 0 fully saturated rings. The lowest BCUT2D eigenvalue weighted by atomic mass is 10.0. The zero-order chi connectivity index (χ0) is 23.5. The minimum atomic E-state index is 0.380. The second kappa shape index (κ2) is 9.21. The Labute approximate surface area is 204 Å². The van der Waals surface area contributed by atoms with Crippen molar-refractivity contribution in [3.8, 4) is 34.9 Å². The molecule has 0 amide bonds. The van der Waals surface area contributed by atoms with E-state index < -0.39 is 0 Å². The maximum atomic E-state index is 9.00. The van der Waals surface area contributed by atoms with E-state index in [9.17, 15) is 0 Å². The van der Waals surface area contributed by atoms with Crippen LogP contribution in [0.1, 0.15) is 11.1 Å². The third-order valence-corrected chi connectivity index (χ3v) is 6.23. The lowest BCUT2D eigenvalue weighted by Gasteiger charge is -2.11. The van der Waals surface area contributed by atoms with Crippen molar-refractivity contribution >= 4 is 44.8 Å². The highest BCUT2D eigenvalue weighted by molar-refractivity contribution is 7.17. The normalized spacial score (nSPS) is 10.4. The van der Waals surface area contributed by atoms with Crippen LogP contribution in [0.4, 0.5) is 11.6 Å². The lowest BCUT2D eigenvalue weighted by molar-refractivity contribution is 0.470. The first kappa shape index (κ1) is 21.4. The zero-order valence-electron chi connectivity index (χ0n) is 17.5. The molecular formula is C26H14ClN5OS. The van der Waals surface area contributed by atoms with Crippen LogP contribution in [0.25, 0.3) is 21.3 Å². The number of hydrogen-bond acceptors (Lipinski definition) is 7. The summed E-state index contributed by atoms with van der Waals surface area (Å²) in [6, 6.07) is 25.8. The number of benzene rings is 3. The van der Waals surface area contributed by atoms with Crippen LogP contribution >= 0.6 is 22.9 Å². The highest BCUT2D eigenvalue weighted by Gasteiger charge is 2.13. The van der Waals surface area contributed by atoms with Gasteiger partial charge in [-0.3, -0.25) is 0 Å². The molecule has 0 aliphatic rings. The van der Waals surface area contributed by atoms with Crippen molar-refractivity contribution in [1.29, 1.82) is 10.5 Å². The topological polar surface area (TPSA) is 94.6 Å². The monoisotopic (exact) mass is 479 g/mol. The lowest BCUT2D eigenvalue weighted by Crippen LogP contribution is -1.99. The average Bonchev–Trinajstić information content (AvgIpc) is 3.34. The molecule has 0 aliphatic carbocycles. The van der Waals surface area contributed by atoms with Gasteiger partial charge in [0.1, 0.15) is 10.4 Å². The summed E-state index contributed by atoms with van der Waals surface area (Å²) in [6.45, 7) is 0. The number of aromatic nitrogens is 2. The van der Waals surface area contributed by atoms with Gasteiger partial charge in [0.25, 0.3) is 0 Å². The van der Waals surface area contributed by atoms with Crippen molar-refractivity contribution in [3.05, 3.63) is 94.3 Å². The molecule has 2 heterocycles. The molecule has 0 atom stereocenters. The van der Waals surface area contributed by atoms with Gasteiger partial charge in [-0.2, -0.15) is 15.5 Å². The molecule has 0 radical (unpaired) electrons. The molecule has 0 aliphatic heterocycles. The van der Waals surface area contributed by atoms with Crippen molar-refractivity contribution in [2.75, 3.05) is 5.32 Å². The molecule has 8 heteroatoms. The Bertz CT molecular complexity index is 1580. The summed E-state index contributed by atoms with van der Waals surface area (Å²) in [6.07, 6.45) is 0. The minimum absolute atomic E-state index is 0.380. The standard InChI is InChI=1S/C26H14ClN5OS/c27-22-13-20(9-10-21(22)18-5-1-16(14-28)2-6-18)33-25-24-23(11-12-34-24)31-26(32-25)30-19-7-3-17(15-29)4-8-19/h1-13H,(H,30,31,32). The fourth-order valence-corrected chi connectivity index (χ4v) is 4.38. The van der Waals surface area contributed by atoms with Crippen LogP contribution in [-0.2, 0) is 0 Å². The third kappa shape index (κ3) is 4.39. The number of anilines is 2. The van der Waals surface area contributed by atoms with E-state index in [4.69, 9.17) is 26.9 Å². The Morgan fingerprint density at radius 3 is 2.24 bits per heavy atom. The van der Waals surface area contributed by atoms with Gasteiger partial charge in [0.05, 0.1) is 33.8 Å². The molecule has 5 aromatic rings. The Balaban J connectivity index is 1.43. The van der Waals surface area contributed by atoms with Crippen LogP contribution in [-0.4, -0.2) is 9.97 Å². The van der Waals surface area contributed by atoms with Gasteiger partial charge in [-0.15, -0.1) is 11.3 Å². The number of thiophene rings is 1. The Kier molecular flexibility index (Phi) is 5.80. The van der Waals surface area contributed by atoms with Crippen molar-refractivity contribution in [3.63, 3.8) is 0 Å². The van der Waals surface area contributed by atoms with Crippen LogP contribution < -0.4 is 10.1 Å². The molecular weight excluding hydrogens is 466 g/mol. The number of hydrogen-bond donors (Lipinski definition) is 1. The Hall–Kier alpha value is -4.43. The van der Waals surface area contributed by atoms with E-state index in [1.165, 1.54) is 11.3 Å². The first-order valence-corrected chi connectivity index (χ1v) is 11.4. The van der Waals surface area contributed by atoms with E-state index in [-0.39, 0.29) is 0 Å². The first-order valence-electron chi connectivity index (χ1n) is 10.1.